The highest BCUT2D eigenvalue weighted by Gasteiger charge is 2.08. The molecule has 1 aromatic rings. The summed E-state index contributed by atoms with van der Waals surface area (Å²) < 4.78 is 2.15. The molecule has 0 aliphatic heterocycles. The molecule has 92 valence electrons. The van der Waals surface area contributed by atoms with E-state index in [1.54, 1.807) is 0 Å². The van der Waals surface area contributed by atoms with Crippen LogP contribution < -0.4 is 5.32 Å². The van der Waals surface area contributed by atoms with E-state index in [0.717, 1.165) is 31.2 Å². The number of nitrogens with zero attached hydrogens (tertiary/aromatic N) is 3. The third kappa shape index (κ3) is 3.85. The molecule has 0 aliphatic carbocycles. The van der Waals surface area contributed by atoms with Crippen molar-refractivity contribution < 1.29 is 0 Å². The SMILES string of the molecule is CCn1cc(C)nc1NC(C)CCN(C)C. The van der Waals surface area contributed by atoms with Gasteiger partial charge in [-0.15, -0.1) is 0 Å². The van der Waals surface area contributed by atoms with Gasteiger partial charge in [0.05, 0.1) is 5.69 Å². The molecular weight excluding hydrogens is 200 g/mol. The largest absolute Gasteiger partial charge is 0.353 e. The van der Waals surface area contributed by atoms with Crippen LogP contribution in [0.4, 0.5) is 5.95 Å². The number of aromatic nitrogens is 2. The highest BCUT2D eigenvalue weighted by Crippen LogP contribution is 2.10. The molecule has 0 saturated carbocycles. The average molecular weight is 224 g/mol. The summed E-state index contributed by atoms with van der Waals surface area (Å²) in [6, 6.07) is 0.453. The van der Waals surface area contributed by atoms with Gasteiger partial charge in [0.1, 0.15) is 0 Å². The minimum absolute atomic E-state index is 0.453. The Morgan fingerprint density at radius 3 is 2.75 bits per heavy atom. The molecule has 0 saturated heterocycles. The van der Waals surface area contributed by atoms with E-state index in [1.165, 1.54) is 0 Å². The second-order valence-corrected chi connectivity index (χ2v) is 4.63. The van der Waals surface area contributed by atoms with Crippen molar-refractivity contribution in [3.05, 3.63) is 11.9 Å². The van der Waals surface area contributed by atoms with E-state index in [0.29, 0.717) is 6.04 Å². The van der Waals surface area contributed by atoms with Gasteiger partial charge in [0.2, 0.25) is 5.95 Å². The maximum atomic E-state index is 4.49. The molecule has 1 rings (SSSR count). The Morgan fingerprint density at radius 1 is 1.50 bits per heavy atom. The van der Waals surface area contributed by atoms with Gasteiger partial charge >= 0.3 is 0 Å². The Balaban J connectivity index is 2.51. The van der Waals surface area contributed by atoms with E-state index < -0.39 is 0 Å². The summed E-state index contributed by atoms with van der Waals surface area (Å²) in [7, 11) is 4.20. The van der Waals surface area contributed by atoms with Gasteiger partial charge in [-0.25, -0.2) is 4.98 Å². The predicted molar refractivity (Wildman–Crippen MR) is 68.9 cm³/mol. The summed E-state index contributed by atoms with van der Waals surface area (Å²) in [5.74, 6) is 0.992. The minimum atomic E-state index is 0.453. The molecule has 1 unspecified atom stereocenters. The number of imidazole rings is 1. The van der Waals surface area contributed by atoms with Crippen LogP contribution in [-0.2, 0) is 6.54 Å². The molecule has 0 radical (unpaired) electrons. The summed E-state index contributed by atoms with van der Waals surface area (Å²) in [5, 5.41) is 3.46. The fourth-order valence-corrected chi connectivity index (χ4v) is 1.65. The average Bonchev–Trinajstić information content (AvgIpc) is 2.55. The maximum Gasteiger partial charge on any atom is 0.203 e. The lowest BCUT2D eigenvalue weighted by Crippen LogP contribution is -2.24. The lowest BCUT2D eigenvalue weighted by Gasteiger charge is -2.17. The molecule has 1 N–H and O–H groups in total. The molecule has 0 spiro atoms. The maximum absolute atomic E-state index is 4.49. The second-order valence-electron chi connectivity index (χ2n) is 4.63. The fourth-order valence-electron chi connectivity index (χ4n) is 1.65. The van der Waals surface area contributed by atoms with Crippen molar-refractivity contribution in [2.75, 3.05) is 26.0 Å². The van der Waals surface area contributed by atoms with Gasteiger partial charge in [-0.1, -0.05) is 0 Å². The van der Waals surface area contributed by atoms with Crippen LogP contribution in [0.2, 0.25) is 0 Å². The van der Waals surface area contributed by atoms with Crippen LogP contribution in [0, 0.1) is 6.92 Å². The van der Waals surface area contributed by atoms with Gasteiger partial charge in [-0.3, -0.25) is 0 Å². The Morgan fingerprint density at radius 2 is 2.19 bits per heavy atom. The van der Waals surface area contributed by atoms with E-state index >= 15 is 0 Å². The van der Waals surface area contributed by atoms with Crippen LogP contribution in [0.1, 0.15) is 26.0 Å². The summed E-state index contributed by atoms with van der Waals surface area (Å²) in [5.41, 5.74) is 1.07. The molecular formula is C12H24N4. The highest BCUT2D eigenvalue weighted by molar-refractivity contribution is 5.29. The van der Waals surface area contributed by atoms with Gasteiger partial charge in [0.15, 0.2) is 0 Å². The van der Waals surface area contributed by atoms with E-state index in [2.05, 4.69) is 53.9 Å². The fraction of sp³-hybridized carbons (Fsp3) is 0.750. The molecule has 4 nitrogen and oxygen atoms in total. The molecule has 0 aromatic carbocycles. The van der Waals surface area contributed by atoms with Crippen LogP contribution in [-0.4, -0.2) is 41.1 Å². The number of hydrogen-bond acceptors (Lipinski definition) is 3. The van der Waals surface area contributed by atoms with Crippen molar-refractivity contribution >= 4 is 5.95 Å². The second kappa shape index (κ2) is 5.89. The number of rotatable bonds is 6. The van der Waals surface area contributed by atoms with Crippen LogP contribution in [0.5, 0.6) is 0 Å². The van der Waals surface area contributed by atoms with Crippen molar-refractivity contribution in [3.8, 4) is 0 Å². The zero-order valence-electron chi connectivity index (χ0n) is 11.1. The first-order chi connectivity index (χ1) is 7.52. The minimum Gasteiger partial charge on any atom is -0.353 e. The zero-order chi connectivity index (χ0) is 12.1. The predicted octanol–water partition coefficient (Wildman–Crippen LogP) is 1.96. The normalized spacial score (nSPS) is 13.1. The van der Waals surface area contributed by atoms with Gasteiger partial charge in [-0.05, 0) is 47.8 Å². The molecule has 0 fully saturated rings. The lowest BCUT2D eigenvalue weighted by atomic mass is 10.2. The molecule has 16 heavy (non-hydrogen) atoms. The number of nitrogens with one attached hydrogen (secondary N) is 1. The third-order valence-electron chi connectivity index (χ3n) is 2.62. The van der Waals surface area contributed by atoms with Gasteiger partial charge in [0, 0.05) is 18.8 Å². The molecule has 1 aromatic heterocycles. The summed E-state index contributed by atoms with van der Waals surface area (Å²) in [6.07, 6.45) is 3.21. The first-order valence-corrected chi connectivity index (χ1v) is 5.98. The molecule has 0 amide bonds. The number of aryl methyl sites for hydroxylation is 2. The Labute approximate surface area is 98.7 Å². The molecule has 1 heterocycles. The van der Waals surface area contributed by atoms with Crippen LogP contribution >= 0.6 is 0 Å². The van der Waals surface area contributed by atoms with E-state index in [-0.39, 0.29) is 0 Å². The number of anilines is 1. The highest BCUT2D eigenvalue weighted by atomic mass is 15.2. The molecule has 1 atom stereocenters. The van der Waals surface area contributed by atoms with E-state index in [1.807, 2.05) is 6.92 Å². The van der Waals surface area contributed by atoms with Crippen LogP contribution in [0.25, 0.3) is 0 Å². The zero-order valence-corrected chi connectivity index (χ0v) is 11.1. The van der Waals surface area contributed by atoms with E-state index in [4.69, 9.17) is 0 Å². The van der Waals surface area contributed by atoms with Gasteiger partial charge < -0.3 is 14.8 Å². The van der Waals surface area contributed by atoms with Crippen molar-refractivity contribution in [2.24, 2.45) is 0 Å². The quantitative estimate of drug-likeness (QED) is 0.802. The molecule has 0 aliphatic rings. The number of hydrogen-bond donors (Lipinski definition) is 1. The Bertz CT molecular complexity index is 317. The standard InChI is InChI=1S/C12H24N4/c1-6-16-9-11(3)14-12(16)13-10(2)7-8-15(4)5/h9-10H,6-8H2,1-5H3,(H,13,14). The van der Waals surface area contributed by atoms with Crippen LogP contribution in [0.15, 0.2) is 6.20 Å². The van der Waals surface area contributed by atoms with Crippen molar-refractivity contribution in [1.29, 1.82) is 0 Å². The van der Waals surface area contributed by atoms with E-state index in [9.17, 15) is 0 Å². The van der Waals surface area contributed by atoms with Gasteiger partial charge in [0.25, 0.3) is 0 Å². The first kappa shape index (κ1) is 13.0. The Kier molecular flexibility index (Phi) is 4.80. The smallest absolute Gasteiger partial charge is 0.203 e. The lowest BCUT2D eigenvalue weighted by molar-refractivity contribution is 0.390. The van der Waals surface area contributed by atoms with Gasteiger partial charge in [-0.2, -0.15) is 0 Å². The first-order valence-electron chi connectivity index (χ1n) is 5.98. The Hall–Kier alpha value is -1.03. The molecule has 4 heteroatoms. The summed E-state index contributed by atoms with van der Waals surface area (Å²) >= 11 is 0. The van der Waals surface area contributed by atoms with Crippen molar-refractivity contribution in [2.45, 2.75) is 39.8 Å². The summed E-state index contributed by atoms with van der Waals surface area (Å²) in [6.45, 7) is 8.43. The molecule has 0 bridgehead atoms. The van der Waals surface area contributed by atoms with Crippen molar-refractivity contribution in [3.63, 3.8) is 0 Å². The summed E-state index contributed by atoms with van der Waals surface area (Å²) in [4.78, 5) is 6.69. The monoisotopic (exact) mass is 224 g/mol. The van der Waals surface area contributed by atoms with Crippen molar-refractivity contribution in [1.82, 2.24) is 14.5 Å². The topological polar surface area (TPSA) is 33.1 Å². The van der Waals surface area contributed by atoms with Crippen LogP contribution in [0.3, 0.4) is 0 Å². The third-order valence-corrected chi connectivity index (χ3v) is 2.62.